The summed E-state index contributed by atoms with van der Waals surface area (Å²) in [5.41, 5.74) is 0.782. The monoisotopic (exact) mass is 550 g/mol. The average molecular weight is 551 g/mol. The van der Waals surface area contributed by atoms with E-state index in [0.717, 1.165) is 30.1 Å². The van der Waals surface area contributed by atoms with Gasteiger partial charge in [0.1, 0.15) is 0 Å². The zero-order valence-electron chi connectivity index (χ0n) is 25.8. The summed E-state index contributed by atoms with van der Waals surface area (Å²) in [4.78, 5) is 11.9. The number of methoxy groups -OCH3 is 1. The van der Waals surface area contributed by atoms with E-state index in [9.17, 15) is 4.79 Å². The van der Waals surface area contributed by atoms with Crippen molar-refractivity contribution in [2.75, 3.05) is 7.11 Å². The quantitative estimate of drug-likeness (QED) is 0.225. The Balaban J connectivity index is 1.57. The molecular weight excluding hydrogens is 493 g/mol. The Hall–Kier alpha value is -0.176. The number of hydrogen-bond donors (Lipinski definition) is 0. The molecule has 7 unspecified atom stereocenters. The normalized spacial score (nSPS) is 42.9. The van der Waals surface area contributed by atoms with Crippen LogP contribution in [0.1, 0.15) is 85.0 Å². The molecule has 0 bridgehead atoms. The largest absolute Gasteiger partial charge is 0.469 e. The van der Waals surface area contributed by atoms with Crippen LogP contribution in [-0.2, 0) is 18.4 Å². The summed E-state index contributed by atoms with van der Waals surface area (Å²) in [7, 11) is -1.70. The first kappa shape index (κ1) is 29.8. The Kier molecular flexibility index (Phi) is 8.59. The van der Waals surface area contributed by atoms with Gasteiger partial charge in [0.25, 0.3) is 0 Å². The molecule has 10 atom stereocenters. The van der Waals surface area contributed by atoms with Crippen molar-refractivity contribution in [3.63, 3.8) is 0 Å². The van der Waals surface area contributed by atoms with Gasteiger partial charge in [-0.1, -0.05) is 20.8 Å². The summed E-state index contributed by atoms with van der Waals surface area (Å²) < 4.78 is 18.8. The zero-order valence-corrected chi connectivity index (χ0v) is 27.8. The second kappa shape index (κ2) is 10.7. The molecule has 4 aliphatic rings. The smallest absolute Gasteiger partial charge is 0.305 e. The van der Waals surface area contributed by atoms with Gasteiger partial charge in [-0.3, -0.25) is 4.79 Å². The fourth-order valence-corrected chi connectivity index (χ4v) is 12.4. The van der Waals surface area contributed by atoms with Gasteiger partial charge in [-0.15, -0.1) is 0 Å². The highest BCUT2D eigenvalue weighted by molar-refractivity contribution is 6.70. The van der Waals surface area contributed by atoms with E-state index in [1.165, 1.54) is 58.5 Å². The Morgan fingerprint density at radius 2 is 1.46 bits per heavy atom. The molecule has 0 N–H and O–H groups in total. The second-order valence-corrected chi connectivity index (χ2v) is 24.9. The molecule has 0 aliphatic heterocycles. The lowest BCUT2D eigenvalue weighted by molar-refractivity contribution is -0.166. The molecule has 0 radical (unpaired) electrons. The fraction of sp³-hybridized carbons (Fsp3) is 0.968. The lowest BCUT2D eigenvalue weighted by atomic mass is 9.43. The summed E-state index contributed by atoms with van der Waals surface area (Å²) >= 11 is 0. The molecule has 4 saturated carbocycles. The molecule has 4 fully saturated rings. The summed E-state index contributed by atoms with van der Waals surface area (Å²) in [5.74, 6) is 4.31. The van der Waals surface area contributed by atoms with Crippen LogP contribution in [0.5, 0.6) is 0 Å². The highest BCUT2D eigenvalue weighted by atomic mass is 28.4. The number of carbonyl (C=O) groups excluding carboxylic acids is 1. The molecule has 0 spiro atoms. The third-order valence-electron chi connectivity index (χ3n) is 11.4. The number of ether oxygens (including phenoxy) is 1. The van der Waals surface area contributed by atoms with E-state index in [1.807, 2.05) is 0 Å². The summed E-state index contributed by atoms with van der Waals surface area (Å²) in [6, 6.07) is 0. The van der Waals surface area contributed by atoms with E-state index in [0.29, 0.717) is 41.3 Å². The van der Waals surface area contributed by atoms with Gasteiger partial charge < -0.3 is 13.6 Å². The number of rotatable bonds is 8. The topological polar surface area (TPSA) is 44.8 Å². The van der Waals surface area contributed by atoms with E-state index in [2.05, 4.69) is 60.1 Å². The predicted molar refractivity (Wildman–Crippen MR) is 157 cm³/mol. The van der Waals surface area contributed by atoms with E-state index >= 15 is 0 Å². The van der Waals surface area contributed by atoms with Crippen molar-refractivity contribution in [3.05, 3.63) is 0 Å². The van der Waals surface area contributed by atoms with Crippen molar-refractivity contribution in [3.8, 4) is 0 Å². The van der Waals surface area contributed by atoms with Crippen molar-refractivity contribution < 1.29 is 18.4 Å². The maximum Gasteiger partial charge on any atom is 0.305 e. The summed E-state index contributed by atoms with van der Waals surface area (Å²) in [5, 5.41) is 0. The third kappa shape index (κ3) is 6.12. The summed E-state index contributed by atoms with van der Waals surface area (Å²) in [6.45, 7) is 21.9. The minimum Gasteiger partial charge on any atom is -0.469 e. The van der Waals surface area contributed by atoms with Crippen molar-refractivity contribution >= 4 is 22.6 Å². The number of fused-ring (bicyclic) bond motifs is 5. The van der Waals surface area contributed by atoms with Gasteiger partial charge in [-0.2, -0.15) is 0 Å². The van der Waals surface area contributed by atoms with Gasteiger partial charge in [0.05, 0.1) is 7.11 Å². The van der Waals surface area contributed by atoms with Gasteiger partial charge >= 0.3 is 5.97 Å². The van der Waals surface area contributed by atoms with Gasteiger partial charge in [-0.25, -0.2) is 0 Å². The SMILES string of the molecule is COC(=O)CCC(C)C1CCC2C3C[C@@H](O[Si](C)(C)C)[C@@H]4C[C@H](O[Si](C)(C)C)CCC4(C)C3CCC12C. The Morgan fingerprint density at radius 1 is 0.838 bits per heavy atom. The van der Waals surface area contributed by atoms with E-state index < -0.39 is 16.6 Å². The van der Waals surface area contributed by atoms with Crippen molar-refractivity contribution in [1.29, 1.82) is 0 Å². The first-order valence-electron chi connectivity index (χ1n) is 15.5. The lowest BCUT2D eigenvalue weighted by Gasteiger charge is -2.63. The molecule has 0 heterocycles. The second-order valence-electron chi connectivity index (χ2n) is 15.9. The molecule has 0 saturated heterocycles. The van der Waals surface area contributed by atoms with Crippen LogP contribution < -0.4 is 0 Å². The molecular formula is C31H58O4Si2. The molecule has 214 valence electrons. The average Bonchev–Trinajstić information content (AvgIpc) is 3.13. The van der Waals surface area contributed by atoms with Crippen LogP contribution in [0.25, 0.3) is 0 Å². The van der Waals surface area contributed by atoms with Crippen molar-refractivity contribution in [1.82, 2.24) is 0 Å². The Labute approximate surface area is 230 Å². The first-order valence-corrected chi connectivity index (χ1v) is 22.3. The van der Waals surface area contributed by atoms with Crippen LogP contribution in [0.3, 0.4) is 0 Å². The third-order valence-corrected chi connectivity index (χ3v) is 13.5. The molecule has 4 aliphatic carbocycles. The summed E-state index contributed by atoms with van der Waals surface area (Å²) in [6.07, 6.45) is 12.8. The molecule has 4 rings (SSSR count). The molecule has 0 amide bonds. The molecule has 0 aromatic heterocycles. The number of carbonyl (C=O) groups is 1. The van der Waals surface area contributed by atoms with Crippen molar-refractivity contribution in [2.45, 2.75) is 136 Å². The van der Waals surface area contributed by atoms with Gasteiger partial charge in [-0.05, 0) is 143 Å². The maximum atomic E-state index is 11.9. The minimum atomic E-state index is -1.66. The first-order chi connectivity index (χ1) is 17.1. The van der Waals surface area contributed by atoms with Crippen LogP contribution >= 0.6 is 0 Å². The molecule has 0 aromatic carbocycles. The molecule has 0 aromatic rings. The van der Waals surface area contributed by atoms with E-state index in [1.54, 1.807) is 0 Å². The highest BCUT2D eigenvalue weighted by Crippen LogP contribution is 2.69. The predicted octanol–water partition coefficient (Wildman–Crippen LogP) is 8.28. The molecule has 37 heavy (non-hydrogen) atoms. The van der Waals surface area contributed by atoms with Gasteiger partial charge in [0.15, 0.2) is 16.6 Å². The maximum absolute atomic E-state index is 11.9. The van der Waals surface area contributed by atoms with Gasteiger partial charge in [0, 0.05) is 18.6 Å². The van der Waals surface area contributed by atoms with Gasteiger partial charge in [0.2, 0.25) is 0 Å². The van der Waals surface area contributed by atoms with Crippen LogP contribution in [-0.4, -0.2) is 41.9 Å². The fourth-order valence-electron chi connectivity index (χ4n) is 10.0. The van der Waals surface area contributed by atoms with Crippen LogP contribution in [0, 0.1) is 46.3 Å². The lowest BCUT2D eigenvalue weighted by Crippen LogP contribution is -2.60. The van der Waals surface area contributed by atoms with Crippen LogP contribution in [0.4, 0.5) is 0 Å². The molecule has 4 nitrogen and oxygen atoms in total. The van der Waals surface area contributed by atoms with Crippen LogP contribution in [0.2, 0.25) is 39.3 Å². The van der Waals surface area contributed by atoms with Crippen LogP contribution in [0.15, 0.2) is 0 Å². The number of esters is 1. The van der Waals surface area contributed by atoms with Crippen molar-refractivity contribution in [2.24, 2.45) is 46.3 Å². The van der Waals surface area contributed by atoms with E-state index in [4.69, 9.17) is 13.6 Å². The minimum absolute atomic E-state index is 0.0541. The Morgan fingerprint density at radius 3 is 2.08 bits per heavy atom. The van der Waals surface area contributed by atoms with E-state index in [-0.39, 0.29) is 5.97 Å². The highest BCUT2D eigenvalue weighted by Gasteiger charge is 2.63. The standard InChI is InChI=1S/C31H58O4Si2/c1-21(11-14-29(32)33-4)24-12-13-25-23-20-28(35-37(8,9)10)27-19-22(34-36(5,6)7)15-17-31(27,3)26(23)16-18-30(24,25)2/h21-28H,11-20H2,1-10H3/t21?,22-,23?,24?,25?,26?,27+,28-,30?,31?/m1/s1. The molecule has 6 heteroatoms. The zero-order chi connectivity index (χ0) is 27.4. The number of hydrogen-bond acceptors (Lipinski definition) is 4. The Bertz CT molecular complexity index is 819.